The quantitative estimate of drug-likeness (QED) is 0.425. The van der Waals surface area contributed by atoms with Crippen molar-refractivity contribution in [2.75, 3.05) is 0 Å². The Balaban J connectivity index is 0. The minimum absolute atomic E-state index is 0. The van der Waals surface area contributed by atoms with Crippen LogP contribution in [0.25, 0.3) is 0 Å². The molecule has 0 aliphatic rings. The van der Waals surface area contributed by atoms with Gasteiger partial charge in [0.25, 0.3) is 0 Å². The number of rotatable bonds is 9. The summed E-state index contributed by atoms with van der Waals surface area (Å²) in [4.78, 5) is 0. The van der Waals surface area contributed by atoms with Crippen LogP contribution in [0.15, 0.2) is 0 Å². The molecule has 0 aliphatic carbocycles. The van der Waals surface area contributed by atoms with E-state index in [1.807, 2.05) is 0 Å². The van der Waals surface area contributed by atoms with Gasteiger partial charge >= 0.3 is 51.4 Å². The summed E-state index contributed by atoms with van der Waals surface area (Å²) in [6.07, 6.45) is 11.7. The minimum atomic E-state index is 0. The molecule has 0 aromatic heterocycles. The van der Waals surface area contributed by atoms with E-state index in [4.69, 9.17) is 0 Å². The summed E-state index contributed by atoms with van der Waals surface area (Å²) in [5.74, 6) is 0. The maximum absolute atomic E-state index is 2.42. The van der Waals surface area contributed by atoms with E-state index < -0.39 is 0 Å². The average molecular weight is 239 g/mol. The zero-order valence-electron chi connectivity index (χ0n) is 10.9. The van der Waals surface area contributed by atoms with Gasteiger partial charge in [0.2, 0.25) is 0 Å². The van der Waals surface area contributed by atoms with E-state index in [9.17, 15) is 0 Å². The number of hydrogen-bond acceptors (Lipinski definition) is 0. The third-order valence-electron chi connectivity index (χ3n) is 2.53. The van der Waals surface area contributed by atoms with E-state index in [0.717, 1.165) is 0 Å². The molecule has 0 bridgehead atoms. The van der Waals surface area contributed by atoms with Crippen molar-refractivity contribution in [3.05, 3.63) is 0 Å². The fourth-order valence-electron chi connectivity index (χ4n) is 1.61. The molecule has 0 saturated heterocycles. The number of hydrogen-bond donors (Lipinski definition) is 0. The van der Waals surface area contributed by atoms with Gasteiger partial charge in [0, 0.05) is 0 Å². The molecule has 14 heavy (non-hydrogen) atoms. The van der Waals surface area contributed by atoms with Crippen molar-refractivity contribution in [2.45, 2.75) is 77.4 Å². The van der Waals surface area contributed by atoms with Gasteiger partial charge in [-0.15, -0.1) is 0 Å². The average Bonchev–Trinajstić information content (AvgIpc) is 2.09. The molecule has 0 N–H and O–H groups in total. The fraction of sp³-hybridized carbons (Fsp3) is 1.00. The maximum atomic E-state index is 2.42. The molecular weight excluding hydrogens is 211 g/mol. The predicted octanol–water partition coefficient (Wildman–Crippen LogP) is 1.89. The van der Waals surface area contributed by atoms with Gasteiger partial charge in [0.05, 0.1) is 0 Å². The van der Waals surface area contributed by atoms with Gasteiger partial charge in [-0.3, -0.25) is 8.80 Å². The molecule has 80 valence electrons. The molecule has 0 atom stereocenters. The topological polar surface area (TPSA) is 0 Å². The Kier molecular flexibility index (Phi) is 19.3. The molecule has 0 spiro atoms. The maximum Gasteiger partial charge on any atom is 1.00 e. The van der Waals surface area contributed by atoms with Crippen LogP contribution < -0.4 is 51.4 Å². The molecule has 0 rings (SSSR count). The first-order valence-corrected chi connectivity index (χ1v) is 8.77. The van der Waals surface area contributed by atoms with Crippen LogP contribution in [0.3, 0.4) is 0 Å². The van der Waals surface area contributed by atoms with E-state index in [0.29, 0.717) is 0 Å². The van der Waals surface area contributed by atoms with Gasteiger partial charge in [0.1, 0.15) is 0 Å². The first-order chi connectivity index (χ1) is 6.27. The van der Waals surface area contributed by atoms with Crippen LogP contribution in [-0.4, -0.2) is 8.80 Å². The number of unbranched alkanes of at least 4 members (excludes halogenated alkanes) is 7. The Morgan fingerprint density at radius 3 is 1.57 bits per heavy atom. The van der Waals surface area contributed by atoms with E-state index in [2.05, 4.69) is 20.0 Å². The summed E-state index contributed by atoms with van der Waals surface area (Å²) >= 11 is 0. The largest absolute Gasteiger partial charge is 1.00 e. The molecule has 2 heteroatoms. The summed E-state index contributed by atoms with van der Waals surface area (Å²) in [6, 6.07) is 1.53. The standard InChI is InChI=1S/C12H27Si.K/c1-4-5-6-7-8-9-10-11-12-13(2)3;/h4-12H2,1-3H3;/q-1;+1. The van der Waals surface area contributed by atoms with E-state index >= 15 is 0 Å². The van der Waals surface area contributed by atoms with Crippen molar-refractivity contribution in [1.82, 2.24) is 0 Å². The first-order valence-electron chi connectivity index (χ1n) is 6.06. The molecule has 0 amide bonds. The van der Waals surface area contributed by atoms with Crippen LogP contribution in [0.4, 0.5) is 0 Å². The molecule has 0 fully saturated rings. The Hall–Kier alpha value is 1.85. The zero-order chi connectivity index (χ0) is 9.94. The van der Waals surface area contributed by atoms with Crippen molar-refractivity contribution in [2.24, 2.45) is 0 Å². The van der Waals surface area contributed by atoms with E-state index in [1.54, 1.807) is 0 Å². The van der Waals surface area contributed by atoms with Gasteiger partial charge < -0.3 is 0 Å². The third kappa shape index (κ3) is 16.3. The monoisotopic (exact) mass is 238 g/mol. The van der Waals surface area contributed by atoms with Crippen LogP contribution in [0.5, 0.6) is 0 Å². The normalized spacial score (nSPS) is 10.3. The van der Waals surface area contributed by atoms with Gasteiger partial charge in [-0.05, 0) is 0 Å². The molecule has 0 aliphatic heterocycles. The smallest absolute Gasteiger partial charge is 0.267 e. The second-order valence-corrected chi connectivity index (χ2v) is 7.35. The first kappa shape index (κ1) is 18.2. The van der Waals surface area contributed by atoms with Crippen molar-refractivity contribution >= 4 is 8.80 Å². The van der Waals surface area contributed by atoms with Gasteiger partial charge in [-0.25, -0.2) is 0 Å². The Morgan fingerprint density at radius 1 is 0.714 bits per heavy atom. The summed E-state index contributed by atoms with van der Waals surface area (Å²) in [5, 5.41) is 0. The SMILES string of the molecule is CCCCCCCCCC[Si-](C)C.[K+]. The summed E-state index contributed by atoms with van der Waals surface area (Å²) in [5.41, 5.74) is 0. The minimum Gasteiger partial charge on any atom is -0.267 e. The Morgan fingerprint density at radius 2 is 1.14 bits per heavy atom. The molecular formula is C12H27KSi. The Labute approximate surface area is 136 Å². The van der Waals surface area contributed by atoms with Gasteiger partial charge in [0.15, 0.2) is 0 Å². The van der Waals surface area contributed by atoms with Crippen LogP contribution in [0.2, 0.25) is 19.1 Å². The fourth-order valence-corrected chi connectivity index (χ4v) is 2.57. The van der Waals surface area contributed by atoms with E-state index in [-0.39, 0.29) is 60.2 Å². The second kappa shape index (κ2) is 14.9. The van der Waals surface area contributed by atoms with Crippen LogP contribution in [-0.2, 0) is 0 Å². The van der Waals surface area contributed by atoms with Crippen molar-refractivity contribution in [3.8, 4) is 0 Å². The second-order valence-electron chi connectivity index (χ2n) is 4.43. The molecule has 0 radical (unpaired) electrons. The summed E-state index contributed by atoms with van der Waals surface area (Å²) in [7, 11) is 0.0644. The van der Waals surface area contributed by atoms with Gasteiger partial charge in [-0.1, -0.05) is 58.3 Å². The van der Waals surface area contributed by atoms with E-state index in [1.165, 1.54) is 57.4 Å². The van der Waals surface area contributed by atoms with Gasteiger partial charge in [-0.2, -0.15) is 19.1 Å². The van der Waals surface area contributed by atoms with Crippen LogP contribution in [0, 0.1) is 0 Å². The van der Waals surface area contributed by atoms with Crippen LogP contribution >= 0.6 is 0 Å². The summed E-state index contributed by atoms with van der Waals surface area (Å²) < 4.78 is 0. The zero-order valence-corrected chi connectivity index (χ0v) is 15.0. The van der Waals surface area contributed by atoms with Crippen LogP contribution in [0.1, 0.15) is 58.3 Å². The molecule has 0 unspecified atom stereocenters. The molecule has 0 aromatic carbocycles. The van der Waals surface area contributed by atoms with Crippen molar-refractivity contribution in [3.63, 3.8) is 0 Å². The molecule has 0 heterocycles. The van der Waals surface area contributed by atoms with Crippen molar-refractivity contribution < 1.29 is 51.4 Å². The third-order valence-corrected chi connectivity index (χ3v) is 3.88. The summed E-state index contributed by atoms with van der Waals surface area (Å²) in [6.45, 7) is 7.13. The van der Waals surface area contributed by atoms with Crippen molar-refractivity contribution in [1.29, 1.82) is 0 Å². The molecule has 0 nitrogen and oxygen atoms in total. The Bertz CT molecular complexity index is 94.3. The molecule has 0 aromatic rings. The molecule has 0 saturated carbocycles. The predicted molar refractivity (Wildman–Crippen MR) is 64.9 cm³/mol.